The van der Waals surface area contributed by atoms with Gasteiger partial charge in [0.15, 0.2) is 17.5 Å². The summed E-state index contributed by atoms with van der Waals surface area (Å²) in [5.41, 5.74) is 1.60. The lowest BCUT2D eigenvalue weighted by atomic mass is 10.1. The average molecular weight is 383 g/mol. The maximum Gasteiger partial charge on any atom is 0.292 e. The lowest BCUT2D eigenvalue weighted by Gasteiger charge is -2.15. The van der Waals surface area contributed by atoms with Crippen molar-refractivity contribution >= 4 is 17.5 Å². The third-order valence-corrected chi connectivity index (χ3v) is 4.82. The highest BCUT2D eigenvalue weighted by Crippen LogP contribution is 2.32. The Bertz CT molecular complexity index is 881. The number of carbonyl (C=O) groups is 2. The maximum absolute atomic E-state index is 12.8. The standard InChI is InChI=1S/C21H22N2O5/c1-2-9-26-16-6-4-15(5-7-16)23-20(24)11-17(21(23)25)22-12-14-3-8-18-19(10-14)28-13-27-18/h3-8,10,17,22H,2,9,11-13H2,1H3/p+1/t17-/m0/s1. The van der Waals surface area contributed by atoms with Gasteiger partial charge in [0.1, 0.15) is 12.3 Å². The number of anilines is 1. The van der Waals surface area contributed by atoms with Gasteiger partial charge in [0, 0.05) is 5.56 Å². The largest absolute Gasteiger partial charge is 0.494 e. The fourth-order valence-electron chi connectivity index (χ4n) is 3.37. The zero-order valence-corrected chi connectivity index (χ0v) is 15.7. The number of quaternary nitrogens is 1. The molecule has 1 fully saturated rings. The van der Waals surface area contributed by atoms with Crippen LogP contribution in [0.4, 0.5) is 5.69 Å². The molecule has 0 saturated carbocycles. The van der Waals surface area contributed by atoms with Crippen LogP contribution < -0.4 is 24.4 Å². The number of hydrogen-bond acceptors (Lipinski definition) is 5. The summed E-state index contributed by atoms with van der Waals surface area (Å²) in [4.78, 5) is 26.5. The first-order valence-electron chi connectivity index (χ1n) is 9.47. The Morgan fingerprint density at radius 3 is 2.68 bits per heavy atom. The third kappa shape index (κ3) is 3.66. The summed E-state index contributed by atoms with van der Waals surface area (Å²) in [5.74, 6) is 1.81. The van der Waals surface area contributed by atoms with Crippen LogP contribution in [-0.4, -0.2) is 31.3 Å². The first-order valence-corrected chi connectivity index (χ1v) is 9.47. The van der Waals surface area contributed by atoms with Crippen LogP contribution >= 0.6 is 0 Å². The number of rotatable bonds is 7. The highest BCUT2D eigenvalue weighted by Gasteiger charge is 2.42. The lowest BCUT2D eigenvalue weighted by molar-refractivity contribution is -0.690. The van der Waals surface area contributed by atoms with Gasteiger partial charge in [-0.1, -0.05) is 6.92 Å². The SMILES string of the molecule is CCCOc1ccc(N2C(=O)C[C@H]([NH2+]Cc3ccc4c(c3)OCO4)C2=O)cc1. The van der Waals surface area contributed by atoms with Gasteiger partial charge in [-0.25, -0.2) is 4.90 Å². The average Bonchev–Trinajstić information content (AvgIpc) is 3.28. The quantitative estimate of drug-likeness (QED) is 0.735. The summed E-state index contributed by atoms with van der Waals surface area (Å²) in [6.45, 7) is 3.49. The minimum atomic E-state index is -0.422. The molecule has 2 N–H and O–H groups in total. The van der Waals surface area contributed by atoms with Crippen molar-refractivity contribution in [3.05, 3.63) is 48.0 Å². The number of hydrogen-bond donors (Lipinski definition) is 1. The van der Waals surface area contributed by atoms with Crippen LogP contribution in [0.25, 0.3) is 0 Å². The predicted molar refractivity (Wildman–Crippen MR) is 101 cm³/mol. The summed E-state index contributed by atoms with van der Waals surface area (Å²) < 4.78 is 16.2. The molecule has 2 aliphatic rings. The number of nitrogens with two attached hydrogens (primary N) is 1. The molecule has 2 aromatic carbocycles. The Kier molecular flexibility index (Phi) is 5.16. The van der Waals surface area contributed by atoms with Gasteiger partial charge in [-0.3, -0.25) is 9.59 Å². The molecule has 0 bridgehead atoms. The van der Waals surface area contributed by atoms with Gasteiger partial charge in [-0.05, 0) is 48.9 Å². The molecule has 0 unspecified atom stereocenters. The summed E-state index contributed by atoms with van der Waals surface area (Å²) in [7, 11) is 0. The van der Waals surface area contributed by atoms with Crippen molar-refractivity contribution in [2.75, 3.05) is 18.3 Å². The van der Waals surface area contributed by atoms with E-state index in [0.717, 1.165) is 23.5 Å². The Morgan fingerprint density at radius 1 is 1.11 bits per heavy atom. The highest BCUT2D eigenvalue weighted by atomic mass is 16.7. The number of nitrogens with zero attached hydrogens (tertiary/aromatic N) is 1. The normalized spacial score (nSPS) is 18.0. The van der Waals surface area contributed by atoms with Crippen LogP contribution in [0.1, 0.15) is 25.3 Å². The molecule has 2 aliphatic heterocycles. The number of fused-ring (bicyclic) bond motifs is 1. The molecule has 2 amide bonds. The van der Waals surface area contributed by atoms with Crippen LogP contribution in [0.3, 0.4) is 0 Å². The number of carbonyl (C=O) groups excluding carboxylic acids is 2. The molecule has 1 saturated heterocycles. The van der Waals surface area contributed by atoms with Crippen LogP contribution in [0.2, 0.25) is 0 Å². The molecule has 1 atom stereocenters. The van der Waals surface area contributed by atoms with Gasteiger partial charge >= 0.3 is 0 Å². The molecule has 0 aliphatic carbocycles. The molecule has 2 heterocycles. The Labute approximate surface area is 163 Å². The van der Waals surface area contributed by atoms with Crippen molar-refractivity contribution in [1.29, 1.82) is 0 Å². The van der Waals surface area contributed by atoms with E-state index in [1.165, 1.54) is 4.90 Å². The van der Waals surface area contributed by atoms with Crippen molar-refractivity contribution in [2.24, 2.45) is 0 Å². The monoisotopic (exact) mass is 383 g/mol. The molecule has 7 nitrogen and oxygen atoms in total. The molecular weight excluding hydrogens is 360 g/mol. The minimum absolute atomic E-state index is 0.181. The van der Waals surface area contributed by atoms with E-state index in [-0.39, 0.29) is 25.0 Å². The Hall–Kier alpha value is -3.06. The van der Waals surface area contributed by atoms with E-state index in [1.807, 2.05) is 30.4 Å². The molecule has 0 radical (unpaired) electrons. The van der Waals surface area contributed by atoms with Crippen LogP contribution in [0.5, 0.6) is 17.2 Å². The molecule has 0 spiro atoms. The van der Waals surface area contributed by atoms with Crippen LogP contribution in [-0.2, 0) is 16.1 Å². The second-order valence-electron chi connectivity index (χ2n) is 6.85. The Morgan fingerprint density at radius 2 is 1.89 bits per heavy atom. The van der Waals surface area contributed by atoms with E-state index in [4.69, 9.17) is 14.2 Å². The van der Waals surface area contributed by atoms with Crippen molar-refractivity contribution in [2.45, 2.75) is 32.4 Å². The lowest BCUT2D eigenvalue weighted by Crippen LogP contribution is -2.90. The fraction of sp³-hybridized carbons (Fsp3) is 0.333. The summed E-state index contributed by atoms with van der Waals surface area (Å²) in [6.07, 6.45) is 1.11. The summed E-state index contributed by atoms with van der Waals surface area (Å²) in [6, 6.07) is 12.4. The van der Waals surface area contributed by atoms with Gasteiger partial charge in [-0.15, -0.1) is 0 Å². The first-order chi connectivity index (χ1) is 13.7. The maximum atomic E-state index is 12.8. The second kappa shape index (κ2) is 7.90. The second-order valence-corrected chi connectivity index (χ2v) is 6.85. The van der Waals surface area contributed by atoms with Crippen molar-refractivity contribution in [3.63, 3.8) is 0 Å². The summed E-state index contributed by atoms with van der Waals surface area (Å²) in [5, 5.41) is 1.90. The van der Waals surface area contributed by atoms with Gasteiger partial charge < -0.3 is 19.5 Å². The molecule has 4 rings (SSSR count). The zero-order valence-electron chi connectivity index (χ0n) is 15.7. The minimum Gasteiger partial charge on any atom is -0.494 e. The molecule has 0 aromatic heterocycles. The summed E-state index contributed by atoms with van der Waals surface area (Å²) >= 11 is 0. The fourth-order valence-corrected chi connectivity index (χ4v) is 3.37. The van der Waals surface area contributed by atoms with E-state index >= 15 is 0 Å². The smallest absolute Gasteiger partial charge is 0.292 e. The molecule has 28 heavy (non-hydrogen) atoms. The van der Waals surface area contributed by atoms with E-state index in [1.54, 1.807) is 24.3 Å². The van der Waals surface area contributed by atoms with Gasteiger partial charge in [0.25, 0.3) is 5.91 Å². The molecular formula is C21H23N2O5+. The number of benzene rings is 2. The van der Waals surface area contributed by atoms with Gasteiger partial charge in [0.2, 0.25) is 12.7 Å². The Balaban J connectivity index is 1.39. The van der Waals surface area contributed by atoms with Gasteiger partial charge in [0.05, 0.1) is 18.7 Å². The number of imide groups is 1. The van der Waals surface area contributed by atoms with Crippen molar-refractivity contribution < 1.29 is 29.1 Å². The molecule has 7 heteroatoms. The number of amides is 2. The number of ether oxygens (including phenoxy) is 3. The predicted octanol–water partition coefficient (Wildman–Crippen LogP) is 1.60. The zero-order chi connectivity index (χ0) is 19.5. The topological polar surface area (TPSA) is 81.7 Å². The van der Waals surface area contributed by atoms with E-state index in [9.17, 15) is 9.59 Å². The van der Waals surface area contributed by atoms with Crippen LogP contribution in [0.15, 0.2) is 42.5 Å². The van der Waals surface area contributed by atoms with E-state index in [0.29, 0.717) is 24.6 Å². The molecule has 146 valence electrons. The van der Waals surface area contributed by atoms with Crippen molar-refractivity contribution in [1.82, 2.24) is 0 Å². The first kappa shape index (κ1) is 18.3. The molecule has 2 aromatic rings. The van der Waals surface area contributed by atoms with Crippen molar-refractivity contribution in [3.8, 4) is 17.2 Å². The van der Waals surface area contributed by atoms with Crippen LogP contribution in [0, 0.1) is 0 Å². The third-order valence-electron chi connectivity index (χ3n) is 4.82. The van der Waals surface area contributed by atoms with Gasteiger partial charge in [-0.2, -0.15) is 0 Å². The van der Waals surface area contributed by atoms with E-state index < -0.39 is 6.04 Å². The highest BCUT2D eigenvalue weighted by molar-refractivity contribution is 6.21. The van der Waals surface area contributed by atoms with E-state index in [2.05, 4.69) is 0 Å².